The highest BCUT2D eigenvalue weighted by atomic mass is 35.5. The minimum absolute atomic E-state index is 0.293. The zero-order valence-corrected chi connectivity index (χ0v) is 11.7. The molecule has 1 aromatic heterocycles. The van der Waals surface area contributed by atoms with Gasteiger partial charge in [-0.1, -0.05) is 18.5 Å². The highest BCUT2D eigenvalue weighted by Gasteiger charge is 2.29. The first-order valence-electron chi connectivity index (χ1n) is 5.37. The molecule has 0 spiro atoms. The molecular formula is C10H17ClN2O3S. The van der Waals surface area contributed by atoms with Gasteiger partial charge in [-0.2, -0.15) is 5.10 Å². The lowest BCUT2D eigenvalue weighted by molar-refractivity contribution is 0.164. The normalized spacial score (nSPS) is 15.8. The van der Waals surface area contributed by atoms with Crippen LogP contribution in [-0.4, -0.2) is 34.8 Å². The van der Waals surface area contributed by atoms with Crippen LogP contribution in [0.4, 0.5) is 0 Å². The van der Waals surface area contributed by atoms with Gasteiger partial charge in [-0.15, -0.1) is 0 Å². The van der Waals surface area contributed by atoms with Crippen molar-refractivity contribution in [2.45, 2.75) is 38.2 Å². The minimum Gasteiger partial charge on any atom is -0.385 e. The van der Waals surface area contributed by atoms with E-state index in [4.69, 9.17) is 11.6 Å². The summed E-state index contributed by atoms with van der Waals surface area (Å²) in [7, 11) is -3.33. The molecule has 1 N–H and O–H groups in total. The fraction of sp³-hybridized carbons (Fsp3) is 0.700. The number of nitrogens with zero attached hydrogens (tertiary/aromatic N) is 2. The lowest BCUT2D eigenvalue weighted by Gasteiger charge is -2.19. The third-order valence-corrected chi connectivity index (χ3v) is 4.57. The Morgan fingerprint density at radius 1 is 1.59 bits per heavy atom. The maximum Gasteiger partial charge on any atom is 0.152 e. The van der Waals surface area contributed by atoms with E-state index in [-0.39, 0.29) is 0 Å². The molecule has 17 heavy (non-hydrogen) atoms. The topological polar surface area (TPSA) is 72.2 Å². The van der Waals surface area contributed by atoms with E-state index in [1.165, 1.54) is 13.1 Å². The van der Waals surface area contributed by atoms with Gasteiger partial charge >= 0.3 is 0 Å². The van der Waals surface area contributed by atoms with Gasteiger partial charge in [0.2, 0.25) is 0 Å². The molecule has 0 aliphatic carbocycles. The van der Waals surface area contributed by atoms with E-state index in [1.54, 1.807) is 4.68 Å². The Bertz CT molecular complexity index is 484. The fourth-order valence-electron chi connectivity index (χ4n) is 1.51. The summed E-state index contributed by atoms with van der Waals surface area (Å²) >= 11 is 5.93. The van der Waals surface area contributed by atoms with E-state index in [0.29, 0.717) is 17.3 Å². The molecule has 0 amide bonds. The second-order valence-electron chi connectivity index (χ2n) is 4.08. The molecule has 0 aromatic carbocycles. The zero-order chi connectivity index (χ0) is 13.2. The Morgan fingerprint density at radius 2 is 2.18 bits per heavy atom. The summed E-state index contributed by atoms with van der Waals surface area (Å²) in [6.45, 7) is 4.01. The molecule has 0 radical (unpaired) electrons. The second kappa shape index (κ2) is 5.37. The van der Waals surface area contributed by atoms with Crippen LogP contribution in [0.3, 0.4) is 0 Å². The van der Waals surface area contributed by atoms with Gasteiger partial charge in [0.25, 0.3) is 0 Å². The first kappa shape index (κ1) is 14.5. The third-order valence-electron chi connectivity index (χ3n) is 2.67. The van der Waals surface area contributed by atoms with Gasteiger partial charge < -0.3 is 5.11 Å². The summed E-state index contributed by atoms with van der Waals surface area (Å²) < 4.78 is 24.4. The summed E-state index contributed by atoms with van der Waals surface area (Å²) in [5.74, 6) is 0. The minimum atomic E-state index is -3.33. The first-order chi connectivity index (χ1) is 7.79. The number of aliphatic hydroxyl groups is 1. The van der Waals surface area contributed by atoms with Gasteiger partial charge in [0, 0.05) is 12.8 Å². The monoisotopic (exact) mass is 280 g/mol. The highest BCUT2D eigenvalue weighted by molar-refractivity contribution is 7.91. The molecule has 0 bridgehead atoms. The molecule has 1 rings (SSSR count). The van der Waals surface area contributed by atoms with Gasteiger partial charge in [0.1, 0.15) is 6.10 Å². The Morgan fingerprint density at radius 3 is 2.65 bits per heavy atom. The van der Waals surface area contributed by atoms with Crippen LogP contribution in [0.5, 0.6) is 0 Å². The van der Waals surface area contributed by atoms with E-state index < -0.39 is 21.2 Å². The fourth-order valence-corrected chi connectivity index (χ4v) is 2.36. The lowest BCUT2D eigenvalue weighted by atomic mass is 10.2. The van der Waals surface area contributed by atoms with Gasteiger partial charge in [-0.3, -0.25) is 4.68 Å². The average Bonchev–Trinajstić information content (AvgIpc) is 2.57. The second-order valence-corrected chi connectivity index (χ2v) is 6.89. The predicted molar refractivity (Wildman–Crippen MR) is 66.8 cm³/mol. The molecule has 7 heteroatoms. The molecule has 0 saturated carbocycles. The first-order valence-corrected chi connectivity index (χ1v) is 7.70. The number of hydrogen-bond donors (Lipinski definition) is 1. The van der Waals surface area contributed by atoms with Crippen molar-refractivity contribution in [2.24, 2.45) is 0 Å². The van der Waals surface area contributed by atoms with Crippen molar-refractivity contribution >= 4 is 21.4 Å². The quantitative estimate of drug-likeness (QED) is 0.885. The van der Waals surface area contributed by atoms with Crippen LogP contribution >= 0.6 is 11.6 Å². The van der Waals surface area contributed by atoms with Gasteiger partial charge in [-0.25, -0.2) is 8.42 Å². The molecular weight excluding hydrogens is 264 g/mol. The Labute approximate surface area is 106 Å². The van der Waals surface area contributed by atoms with Crippen LogP contribution in [0.2, 0.25) is 5.02 Å². The van der Waals surface area contributed by atoms with Crippen LogP contribution in [0, 0.1) is 0 Å². The molecule has 5 nitrogen and oxygen atoms in total. The Hall–Kier alpha value is -0.590. The summed E-state index contributed by atoms with van der Waals surface area (Å²) in [6.07, 6.45) is 2.18. The molecule has 0 saturated heterocycles. The SMILES string of the molecule is CCCn1ncc(Cl)c1C(O)C(C)S(C)(=O)=O. The lowest BCUT2D eigenvalue weighted by Crippen LogP contribution is -2.26. The molecule has 2 atom stereocenters. The zero-order valence-electron chi connectivity index (χ0n) is 10.1. The predicted octanol–water partition coefficient (Wildman–Crippen LogP) is 1.41. The van der Waals surface area contributed by atoms with Crippen molar-refractivity contribution in [3.8, 4) is 0 Å². The van der Waals surface area contributed by atoms with Crippen molar-refractivity contribution in [3.05, 3.63) is 16.9 Å². The standard InChI is InChI=1S/C10H17ClN2O3S/c1-4-5-13-9(8(11)6-12-13)10(14)7(2)17(3,15)16/h6-7,10,14H,4-5H2,1-3H3. The van der Waals surface area contributed by atoms with Gasteiger partial charge in [0.15, 0.2) is 9.84 Å². The maximum absolute atomic E-state index is 11.4. The number of aromatic nitrogens is 2. The summed E-state index contributed by atoms with van der Waals surface area (Å²) in [5, 5.41) is 13.5. The van der Waals surface area contributed by atoms with Crippen LogP contribution in [0.25, 0.3) is 0 Å². The Balaban J connectivity index is 3.11. The number of aliphatic hydroxyl groups excluding tert-OH is 1. The molecule has 98 valence electrons. The molecule has 0 fully saturated rings. The maximum atomic E-state index is 11.4. The summed E-state index contributed by atoms with van der Waals surface area (Å²) in [4.78, 5) is 0. The smallest absolute Gasteiger partial charge is 0.152 e. The molecule has 1 aromatic rings. The van der Waals surface area contributed by atoms with Crippen molar-refractivity contribution in [1.29, 1.82) is 0 Å². The number of rotatable bonds is 5. The summed E-state index contributed by atoms with van der Waals surface area (Å²) in [5.41, 5.74) is 0.367. The Kier molecular flexibility index (Phi) is 4.57. The van der Waals surface area contributed by atoms with Crippen LogP contribution < -0.4 is 0 Å². The van der Waals surface area contributed by atoms with Crippen molar-refractivity contribution < 1.29 is 13.5 Å². The van der Waals surface area contributed by atoms with E-state index in [2.05, 4.69) is 5.10 Å². The number of hydrogen-bond acceptors (Lipinski definition) is 4. The molecule has 2 unspecified atom stereocenters. The van der Waals surface area contributed by atoms with Crippen LogP contribution in [0.1, 0.15) is 32.1 Å². The van der Waals surface area contributed by atoms with Crippen LogP contribution in [0.15, 0.2) is 6.20 Å². The van der Waals surface area contributed by atoms with Crippen molar-refractivity contribution in [2.75, 3.05) is 6.26 Å². The van der Waals surface area contributed by atoms with Crippen molar-refractivity contribution in [1.82, 2.24) is 9.78 Å². The number of sulfone groups is 1. The van der Waals surface area contributed by atoms with E-state index in [0.717, 1.165) is 12.7 Å². The van der Waals surface area contributed by atoms with E-state index >= 15 is 0 Å². The van der Waals surface area contributed by atoms with Crippen LogP contribution in [-0.2, 0) is 16.4 Å². The van der Waals surface area contributed by atoms with Crippen molar-refractivity contribution in [3.63, 3.8) is 0 Å². The number of halogens is 1. The third kappa shape index (κ3) is 3.20. The summed E-state index contributed by atoms with van der Waals surface area (Å²) in [6, 6.07) is 0. The van der Waals surface area contributed by atoms with E-state index in [1.807, 2.05) is 6.92 Å². The number of aryl methyl sites for hydroxylation is 1. The molecule has 0 aliphatic heterocycles. The molecule has 0 aliphatic rings. The van der Waals surface area contributed by atoms with Gasteiger partial charge in [0.05, 0.1) is 22.2 Å². The molecule has 1 heterocycles. The highest BCUT2D eigenvalue weighted by Crippen LogP contribution is 2.28. The van der Waals surface area contributed by atoms with E-state index in [9.17, 15) is 13.5 Å². The van der Waals surface area contributed by atoms with Gasteiger partial charge in [-0.05, 0) is 13.3 Å². The average molecular weight is 281 g/mol. The largest absolute Gasteiger partial charge is 0.385 e.